The van der Waals surface area contributed by atoms with E-state index in [1.54, 1.807) is 6.21 Å². The van der Waals surface area contributed by atoms with Gasteiger partial charge in [0.1, 0.15) is 6.10 Å². The zero-order valence-corrected chi connectivity index (χ0v) is 7.44. The predicted molar refractivity (Wildman–Crippen MR) is 47.2 cm³/mol. The first-order chi connectivity index (χ1) is 5.86. The van der Waals surface area contributed by atoms with Gasteiger partial charge < -0.3 is 9.94 Å². The summed E-state index contributed by atoms with van der Waals surface area (Å²) in [5.74, 6) is 0. The summed E-state index contributed by atoms with van der Waals surface area (Å²) >= 11 is 0. The first-order valence-electron chi connectivity index (χ1n) is 4.34. The van der Waals surface area contributed by atoms with Gasteiger partial charge in [-0.3, -0.25) is 4.90 Å². The third-order valence-corrected chi connectivity index (χ3v) is 1.96. The third-order valence-electron chi connectivity index (χ3n) is 1.96. The predicted octanol–water partition coefficient (Wildman–Crippen LogP) is 0.0753. The quantitative estimate of drug-likeness (QED) is 0.482. The highest BCUT2D eigenvalue weighted by Crippen LogP contribution is 2.11. The van der Waals surface area contributed by atoms with Crippen molar-refractivity contribution in [2.24, 2.45) is 5.16 Å². The molecule has 12 heavy (non-hydrogen) atoms. The SMILES string of the molecule is C/C=N/O[C@H]1CCN(CCO)C1. The maximum Gasteiger partial charge on any atom is 0.141 e. The molecule has 0 unspecified atom stereocenters. The first kappa shape index (κ1) is 9.48. The minimum atomic E-state index is 0.216. The van der Waals surface area contributed by atoms with Gasteiger partial charge in [-0.25, -0.2) is 0 Å². The maximum absolute atomic E-state index is 8.68. The molecular formula is C8H16N2O2. The van der Waals surface area contributed by atoms with Gasteiger partial charge in [0, 0.05) is 32.3 Å². The second kappa shape index (κ2) is 5.11. The van der Waals surface area contributed by atoms with E-state index in [0.717, 1.165) is 26.1 Å². The van der Waals surface area contributed by atoms with Gasteiger partial charge in [-0.15, -0.1) is 0 Å². The average Bonchev–Trinajstić information content (AvgIpc) is 2.50. The highest BCUT2D eigenvalue weighted by Gasteiger charge is 2.22. The molecule has 1 aliphatic rings. The van der Waals surface area contributed by atoms with E-state index < -0.39 is 0 Å². The Labute approximate surface area is 72.8 Å². The van der Waals surface area contributed by atoms with E-state index in [4.69, 9.17) is 9.94 Å². The highest BCUT2D eigenvalue weighted by molar-refractivity contribution is 5.52. The molecule has 70 valence electrons. The van der Waals surface area contributed by atoms with E-state index in [1.807, 2.05) is 6.92 Å². The minimum absolute atomic E-state index is 0.216. The Morgan fingerprint density at radius 3 is 3.25 bits per heavy atom. The van der Waals surface area contributed by atoms with Crippen molar-refractivity contribution in [3.05, 3.63) is 0 Å². The second-order valence-corrected chi connectivity index (χ2v) is 2.90. The fourth-order valence-corrected chi connectivity index (χ4v) is 1.37. The Bertz CT molecular complexity index is 150. The molecule has 4 heteroatoms. The Balaban J connectivity index is 2.16. The first-order valence-corrected chi connectivity index (χ1v) is 4.34. The van der Waals surface area contributed by atoms with Gasteiger partial charge in [-0.1, -0.05) is 5.16 Å². The third kappa shape index (κ3) is 2.79. The van der Waals surface area contributed by atoms with E-state index >= 15 is 0 Å². The second-order valence-electron chi connectivity index (χ2n) is 2.90. The van der Waals surface area contributed by atoms with Crippen LogP contribution in [0.2, 0.25) is 0 Å². The van der Waals surface area contributed by atoms with Crippen LogP contribution in [0, 0.1) is 0 Å². The molecule has 0 spiro atoms. The molecule has 0 aliphatic carbocycles. The van der Waals surface area contributed by atoms with Crippen LogP contribution in [0.3, 0.4) is 0 Å². The zero-order chi connectivity index (χ0) is 8.81. The summed E-state index contributed by atoms with van der Waals surface area (Å²) in [6.45, 7) is 4.70. The molecular weight excluding hydrogens is 156 g/mol. The van der Waals surface area contributed by atoms with Crippen LogP contribution >= 0.6 is 0 Å². The number of likely N-dealkylation sites (tertiary alicyclic amines) is 1. The number of rotatable bonds is 4. The lowest BCUT2D eigenvalue weighted by molar-refractivity contribution is 0.0644. The standard InChI is InChI=1S/C8H16N2O2/c1-2-9-12-8-3-4-10(7-8)5-6-11/h2,8,11H,3-7H2,1H3/b9-2+/t8-/m0/s1. The minimum Gasteiger partial charge on any atom is -0.395 e. The van der Waals surface area contributed by atoms with Gasteiger partial charge >= 0.3 is 0 Å². The van der Waals surface area contributed by atoms with Gasteiger partial charge in [-0.2, -0.15) is 0 Å². The molecule has 1 rings (SSSR count). The smallest absolute Gasteiger partial charge is 0.141 e. The number of aliphatic hydroxyl groups is 1. The van der Waals surface area contributed by atoms with E-state index in [9.17, 15) is 0 Å². The van der Waals surface area contributed by atoms with Gasteiger partial charge in [-0.05, 0) is 6.92 Å². The lowest BCUT2D eigenvalue weighted by Gasteiger charge is -2.12. The van der Waals surface area contributed by atoms with Gasteiger partial charge in [0.15, 0.2) is 0 Å². The molecule has 0 aromatic carbocycles. The molecule has 1 saturated heterocycles. The van der Waals surface area contributed by atoms with Crippen molar-refractivity contribution < 1.29 is 9.94 Å². The van der Waals surface area contributed by atoms with Crippen molar-refractivity contribution in [3.63, 3.8) is 0 Å². The van der Waals surface area contributed by atoms with Gasteiger partial charge in [0.25, 0.3) is 0 Å². The number of aliphatic hydroxyl groups excluding tert-OH is 1. The molecule has 1 N–H and O–H groups in total. The lowest BCUT2D eigenvalue weighted by atomic mass is 10.3. The van der Waals surface area contributed by atoms with Crippen LogP contribution in [0.5, 0.6) is 0 Å². The summed E-state index contributed by atoms with van der Waals surface area (Å²) in [6, 6.07) is 0. The van der Waals surface area contributed by atoms with Crippen LogP contribution in [-0.4, -0.2) is 48.6 Å². The fraction of sp³-hybridized carbons (Fsp3) is 0.875. The largest absolute Gasteiger partial charge is 0.395 e. The van der Waals surface area contributed by atoms with Crippen LogP contribution in [0.15, 0.2) is 5.16 Å². The molecule has 1 atom stereocenters. The van der Waals surface area contributed by atoms with E-state index in [2.05, 4.69) is 10.1 Å². The number of hydrogen-bond donors (Lipinski definition) is 1. The average molecular weight is 172 g/mol. The molecule has 0 saturated carbocycles. The summed E-state index contributed by atoms with van der Waals surface area (Å²) in [7, 11) is 0. The van der Waals surface area contributed by atoms with E-state index in [-0.39, 0.29) is 12.7 Å². The molecule has 0 aromatic rings. The van der Waals surface area contributed by atoms with Crippen LogP contribution in [0.25, 0.3) is 0 Å². The molecule has 0 aromatic heterocycles. The summed E-state index contributed by atoms with van der Waals surface area (Å²) in [6.07, 6.45) is 2.87. The van der Waals surface area contributed by atoms with E-state index in [1.165, 1.54) is 0 Å². The highest BCUT2D eigenvalue weighted by atomic mass is 16.6. The molecule has 1 fully saturated rings. The van der Waals surface area contributed by atoms with Gasteiger partial charge in [0.2, 0.25) is 0 Å². The summed E-state index contributed by atoms with van der Waals surface area (Å²) in [5, 5.41) is 12.4. The molecule has 0 amide bonds. The normalized spacial score (nSPS) is 25.3. The molecule has 0 bridgehead atoms. The van der Waals surface area contributed by atoms with Crippen LogP contribution in [0.1, 0.15) is 13.3 Å². The number of oxime groups is 1. The van der Waals surface area contributed by atoms with Crippen LogP contribution in [-0.2, 0) is 4.84 Å². The Morgan fingerprint density at radius 1 is 1.75 bits per heavy atom. The summed E-state index contributed by atoms with van der Waals surface area (Å²) < 4.78 is 0. The van der Waals surface area contributed by atoms with E-state index in [0.29, 0.717) is 0 Å². The number of β-amino-alcohol motifs (C(OH)–C–C–N with tert-alkyl or cyclic N) is 1. The van der Waals surface area contributed by atoms with Crippen molar-refractivity contribution in [3.8, 4) is 0 Å². The number of hydrogen-bond acceptors (Lipinski definition) is 4. The summed E-state index contributed by atoms with van der Waals surface area (Å²) in [4.78, 5) is 7.35. The van der Waals surface area contributed by atoms with Crippen molar-refractivity contribution >= 4 is 6.21 Å². The molecule has 1 aliphatic heterocycles. The van der Waals surface area contributed by atoms with Crippen molar-refractivity contribution in [1.82, 2.24) is 4.90 Å². The molecule has 1 heterocycles. The van der Waals surface area contributed by atoms with Crippen molar-refractivity contribution in [1.29, 1.82) is 0 Å². The van der Waals surface area contributed by atoms with Crippen molar-refractivity contribution in [2.75, 3.05) is 26.2 Å². The zero-order valence-electron chi connectivity index (χ0n) is 7.44. The maximum atomic E-state index is 8.68. The lowest BCUT2D eigenvalue weighted by Crippen LogP contribution is -2.25. The Hall–Kier alpha value is -0.610. The van der Waals surface area contributed by atoms with Crippen molar-refractivity contribution in [2.45, 2.75) is 19.4 Å². The van der Waals surface area contributed by atoms with Crippen LogP contribution in [0.4, 0.5) is 0 Å². The number of nitrogens with zero attached hydrogens (tertiary/aromatic N) is 2. The Morgan fingerprint density at radius 2 is 2.58 bits per heavy atom. The van der Waals surface area contributed by atoms with Gasteiger partial charge in [0.05, 0.1) is 6.61 Å². The monoisotopic (exact) mass is 172 g/mol. The fourth-order valence-electron chi connectivity index (χ4n) is 1.37. The van der Waals surface area contributed by atoms with Crippen LogP contribution < -0.4 is 0 Å². The Kier molecular flexibility index (Phi) is 4.04. The molecule has 0 radical (unpaired) electrons. The molecule has 4 nitrogen and oxygen atoms in total. The topological polar surface area (TPSA) is 45.1 Å². The summed E-state index contributed by atoms with van der Waals surface area (Å²) in [5.41, 5.74) is 0.